The van der Waals surface area contributed by atoms with E-state index >= 15 is 0 Å². The van der Waals surface area contributed by atoms with Crippen molar-refractivity contribution >= 4 is 23.1 Å². The average Bonchev–Trinajstić information content (AvgIpc) is 3.20. The van der Waals surface area contributed by atoms with Gasteiger partial charge in [-0.15, -0.1) is 0 Å². The minimum Gasteiger partial charge on any atom is -0.481 e. The van der Waals surface area contributed by atoms with Crippen molar-refractivity contribution in [2.24, 2.45) is 4.99 Å². The third kappa shape index (κ3) is 5.02. The lowest BCUT2D eigenvalue weighted by atomic mass is 9.81. The molecule has 0 amide bonds. The molecular weight excluding hydrogens is 432 g/mol. The molecule has 35 heavy (non-hydrogen) atoms. The van der Waals surface area contributed by atoms with Gasteiger partial charge in [-0.1, -0.05) is 88.7 Å². The summed E-state index contributed by atoms with van der Waals surface area (Å²) in [4.78, 5) is 18.1. The fourth-order valence-electron chi connectivity index (χ4n) is 5.22. The number of unbranched alkanes of at least 4 members (excludes halogenated alkanes) is 2. The van der Waals surface area contributed by atoms with Gasteiger partial charge in [0.1, 0.15) is 0 Å². The molecule has 0 spiro atoms. The summed E-state index contributed by atoms with van der Waals surface area (Å²) in [6.45, 7) is 9.89. The van der Waals surface area contributed by atoms with Crippen LogP contribution in [0.3, 0.4) is 0 Å². The number of nitrogens with zero attached hydrogens (tertiary/aromatic N) is 2. The third-order valence-electron chi connectivity index (χ3n) is 7.26. The summed E-state index contributed by atoms with van der Waals surface area (Å²) in [5, 5.41) is 8.91. The standard InChI is InChI=1S/C31H36N2O2/c1-30(2)23-15-10-12-17-25(23)32-27(30)19-7-5-8-20-28-31(3,4)24-16-11-13-18-26(24)33(28)22-14-6-9-21-29(34)35/h5,7-8,10-13,15-20H,6,9,14,21-22H2,1-4H3,(H,34,35)/b8-5+,19-7+,28-20+. The van der Waals surface area contributed by atoms with Crippen molar-refractivity contribution in [2.45, 2.75) is 64.2 Å². The average molecular weight is 469 g/mol. The van der Waals surface area contributed by atoms with E-state index in [0.717, 1.165) is 37.2 Å². The van der Waals surface area contributed by atoms with Gasteiger partial charge in [0.05, 0.1) is 11.4 Å². The van der Waals surface area contributed by atoms with Crippen LogP contribution in [0.5, 0.6) is 0 Å². The number of hydrogen-bond donors (Lipinski definition) is 1. The van der Waals surface area contributed by atoms with E-state index in [4.69, 9.17) is 10.1 Å². The lowest BCUT2D eigenvalue weighted by Gasteiger charge is -2.27. The molecule has 182 valence electrons. The Morgan fingerprint density at radius 2 is 1.60 bits per heavy atom. The normalized spacial score (nSPS) is 18.9. The number of allylic oxidation sites excluding steroid dienone is 6. The number of carbonyl (C=O) groups is 1. The first-order valence-corrected chi connectivity index (χ1v) is 12.6. The van der Waals surface area contributed by atoms with E-state index < -0.39 is 5.97 Å². The zero-order valence-corrected chi connectivity index (χ0v) is 21.3. The van der Waals surface area contributed by atoms with Crippen LogP contribution in [0.25, 0.3) is 0 Å². The molecule has 0 aliphatic carbocycles. The highest BCUT2D eigenvalue weighted by atomic mass is 16.4. The van der Waals surface area contributed by atoms with Gasteiger partial charge in [-0.05, 0) is 48.3 Å². The molecule has 0 saturated heterocycles. The van der Waals surface area contributed by atoms with Crippen LogP contribution in [-0.2, 0) is 15.6 Å². The molecule has 1 N–H and O–H groups in total. The second kappa shape index (κ2) is 10.1. The van der Waals surface area contributed by atoms with E-state index in [9.17, 15) is 4.79 Å². The Hall–Kier alpha value is -3.40. The molecule has 0 atom stereocenters. The summed E-state index contributed by atoms with van der Waals surface area (Å²) in [6, 6.07) is 17.0. The van der Waals surface area contributed by atoms with E-state index in [-0.39, 0.29) is 17.3 Å². The van der Waals surface area contributed by atoms with Crippen LogP contribution in [0.15, 0.2) is 89.6 Å². The molecular formula is C31H36N2O2. The molecule has 4 heteroatoms. The lowest BCUT2D eigenvalue weighted by molar-refractivity contribution is -0.137. The number of aliphatic carboxylic acids is 1. The molecule has 0 fully saturated rings. The highest BCUT2D eigenvalue weighted by Crippen LogP contribution is 2.47. The van der Waals surface area contributed by atoms with Crippen molar-refractivity contribution in [2.75, 3.05) is 11.4 Å². The maximum absolute atomic E-state index is 10.8. The summed E-state index contributed by atoms with van der Waals surface area (Å²) in [7, 11) is 0. The second-order valence-corrected chi connectivity index (χ2v) is 10.4. The molecule has 0 aromatic heterocycles. The zero-order chi connectivity index (χ0) is 25.1. The van der Waals surface area contributed by atoms with Gasteiger partial charge in [0, 0.05) is 35.2 Å². The zero-order valence-electron chi connectivity index (χ0n) is 21.3. The first-order valence-electron chi connectivity index (χ1n) is 12.6. The molecule has 2 aliphatic rings. The van der Waals surface area contributed by atoms with Gasteiger partial charge in [-0.25, -0.2) is 0 Å². The van der Waals surface area contributed by atoms with E-state index in [0.29, 0.717) is 0 Å². The molecule has 4 rings (SSSR count). The van der Waals surface area contributed by atoms with Crippen LogP contribution in [0.2, 0.25) is 0 Å². The van der Waals surface area contributed by atoms with Crippen LogP contribution in [-0.4, -0.2) is 23.3 Å². The van der Waals surface area contributed by atoms with Crippen LogP contribution >= 0.6 is 0 Å². The molecule has 2 heterocycles. The van der Waals surface area contributed by atoms with E-state index in [1.165, 1.54) is 22.5 Å². The molecule has 0 unspecified atom stereocenters. The number of carboxylic acids is 1. The van der Waals surface area contributed by atoms with Gasteiger partial charge in [0.2, 0.25) is 0 Å². The van der Waals surface area contributed by atoms with Gasteiger partial charge in [-0.3, -0.25) is 9.79 Å². The van der Waals surface area contributed by atoms with Crippen molar-refractivity contribution in [1.82, 2.24) is 0 Å². The van der Waals surface area contributed by atoms with Crippen molar-refractivity contribution in [1.29, 1.82) is 0 Å². The van der Waals surface area contributed by atoms with Gasteiger partial charge in [-0.2, -0.15) is 0 Å². The predicted molar refractivity (Wildman–Crippen MR) is 146 cm³/mol. The Bertz CT molecular complexity index is 1210. The minimum absolute atomic E-state index is 0.0913. The summed E-state index contributed by atoms with van der Waals surface area (Å²) >= 11 is 0. The van der Waals surface area contributed by atoms with Gasteiger partial charge >= 0.3 is 5.97 Å². The number of carboxylic acid groups (broad SMARTS) is 1. The number of fused-ring (bicyclic) bond motifs is 2. The maximum Gasteiger partial charge on any atom is 0.303 e. The SMILES string of the molecule is CC1(C)C(/C=C/C=C/C=C2/N(CCCCCC(=O)O)c3ccccc3C2(C)C)=Nc2ccccc21. The monoisotopic (exact) mass is 468 g/mol. The second-order valence-electron chi connectivity index (χ2n) is 10.4. The Morgan fingerprint density at radius 1 is 0.886 bits per heavy atom. The summed E-state index contributed by atoms with van der Waals surface area (Å²) in [5.74, 6) is -0.715. The minimum atomic E-state index is -0.715. The molecule has 2 aliphatic heterocycles. The first-order chi connectivity index (χ1) is 16.7. The lowest BCUT2D eigenvalue weighted by Crippen LogP contribution is -2.27. The number of anilines is 1. The van der Waals surface area contributed by atoms with Crippen molar-refractivity contribution in [3.8, 4) is 0 Å². The third-order valence-corrected chi connectivity index (χ3v) is 7.26. The quantitative estimate of drug-likeness (QED) is 0.306. The maximum atomic E-state index is 10.8. The summed E-state index contributed by atoms with van der Waals surface area (Å²) in [5.41, 5.74) is 7.09. The first kappa shape index (κ1) is 24.7. The van der Waals surface area contributed by atoms with Crippen LogP contribution in [0, 0.1) is 0 Å². The van der Waals surface area contributed by atoms with Gasteiger partial charge in [0.15, 0.2) is 0 Å². The van der Waals surface area contributed by atoms with Crippen LogP contribution < -0.4 is 4.90 Å². The molecule has 2 aromatic rings. The fraction of sp³-hybridized carbons (Fsp3) is 0.355. The highest BCUT2D eigenvalue weighted by molar-refractivity contribution is 6.08. The Balaban J connectivity index is 1.49. The Labute approximate surface area is 209 Å². The fourth-order valence-corrected chi connectivity index (χ4v) is 5.22. The number of hydrogen-bond acceptors (Lipinski definition) is 3. The molecule has 0 bridgehead atoms. The number of aliphatic imine (C=N–C) groups is 1. The summed E-state index contributed by atoms with van der Waals surface area (Å²) < 4.78 is 0. The Kier molecular flexibility index (Phi) is 7.11. The predicted octanol–water partition coefficient (Wildman–Crippen LogP) is 7.49. The van der Waals surface area contributed by atoms with Gasteiger partial charge in [0.25, 0.3) is 0 Å². The Morgan fingerprint density at radius 3 is 2.34 bits per heavy atom. The smallest absolute Gasteiger partial charge is 0.303 e. The topological polar surface area (TPSA) is 52.9 Å². The summed E-state index contributed by atoms with van der Waals surface area (Å²) in [6.07, 6.45) is 13.5. The van der Waals surface area contributed by atoms with Crippen LogP contribution in [0.1, 0.15) is 64.5 Å². The molecule has 2 aromatic carbocycles. The van der Waals surface area contributed by atoms with Crippen molar-refractivity contribution in [3.05, 3.63) is 95.7 Å². The number of benzene rings is 2. The van der Waals surface area contributed by atoms with E-state index in [1.807, 2.05) is 6.07 Å². The number of para-hydroxylation sites is 2. The van der Waals surface area contributed by atoms with Gasteiger partial charge < -0.3 is 10.0 Å². The molecule has 0 saturated carbocycles. The highest BCUT2D eigenvalue weighted by Gasteiger charge is 2.39. The van der Waals surface area contributed by atoms with E-state index in [2.05, 4.69) is 105 Å². The van der Waals surface area contributed by atoms with Crippen molar-refractivity contribution < 1.29 is 9.90 Å². The van der Waals surface area contributed by atoms with Crippen molar-refractivity contribution in [3.63, 3.8) is 0 Å². The number of rotatable bonds is 9. The van der Waals surface area contributed by atoms with E-state index in [1.54, 1.807) is 0 Å². The van der Waals surface area contributed by atoms with Crippen LogP contribution in [0.4, 0.5) is 11.4 Å². The molecule has 0 radical (unpaired) electrons. The molecule has 4 nitrogen and oxygen atoms in total. The largest absolute Gasteiger partial charge is 0.481 e.